The average Bonchev–Trinajstić information content (AvgIpc) is 2.50. The Labute approximate surface area is 127 Å². The van der Waals surface area contributed by atoms with E-state index in [1.54, 1.807) is 4.90 Å². The molecule has 0 radical (unpaired) electrons. The molecule has 0 aliphatic rings. The molecule has 1 aromatic carbocycles. The molecule has 1 heterocycles. The van der Waals surface area contributed by atoms with Crippen molar-refractivity contribution in [2.45, 2.75) is 6.42 Å². The summed E-state index contributed by atoms with van der Waals surface area (Å²) in [4.78, 5) is 17.1. The molecule has 0 aliphatic carbocycles. The van der Waals surface area contributed by atoms with Gasteiger partial charge in [0.1, 0.15) is 5.82 Å². The zero-order valence-corrected chi connectivity index (χ0v) is 11.8. The number of carboxylic acid groups (broad SMARTS) is 1. The van der Waals surface area contributed by atoms with Crippen molar-refractivity contribution in [1.82, 2.24) is 4.98 Å². The van der Waals surface area contributed by atoms with Gasteiger partial charge in [-0.05, 0) is 18.2 Å². The van der Waals surface area contributed by atoms with Gasteiger partial charge >= 0.3 is 5.97 Å². The van der Waals surface area contributed by atoms with Gasteiger partial charge in [0, 0.05) is 18.4 Å². The number of pyridine rings is 1. The molecular weight excluding hydrogens is 290 g/mol. The van der Waals surface area contributed by atoms with Crippen molar-refractivity contribution in [2.24, 2.45) is 0 Å². The lowest BCUT2D eigenvalue weighted by Gasteiger charge is -2.23. The van der Waals surface area contributed by atoms with E-state index in [-0.39, 0.29) is 10.6 Å². The van der Waals surface area contributed by atoms with Crippen LogP contribution in [0.15, 0.2) is 42.6 Å². The van der Waals surface area contributed by atoms with E-state index in [4.69, 9.17) is 22.0 Å². The van der Waals surface area contributed by atoms with Gasteiger partial charge in [0.2, 0.25) is 0 Å². The normalized spacial score (nSPS) is 9.90. The minimum Gasteiger partial charge on any atom is -0.478 e. The number of halogens is 1. The average molecular weight is 302 g/mol. The van der Waals surface area contributed by atoms with E-state index in [0.29, 0.717) is 18.8 Å². The summed E-state index contributed by atoms with van der Waals surface area (Å²) in [5.41, 5.74) is 0.818. The smallest absolute Gasteiger partial charge is 0.337 e. The molecule has 106 valence electrons. The monoisotopic (exact) mass is 301 g/mol. The second kappa shape index (κ2) is 6.73. The second-order valence-corrected chi connectivity index (χ2v) is 4.63. The molecule has 0 spiro atoms. The van der Waals surface area contributed by atoms with Crippen LogP contribution in [0.4, 0.5) is 11.5 Å². The molecule has 0 bridgehead atoms. The maximum atomic E-state index is 11.2. The summed E-state index contributed by atoms with van der Waals surface area (Å²) in [7, 11) is 0. The third-order valence-electron chi connectivity index (χ3n) is 2.86. The van der Waals surface area contributed by atoms with E-state index in [1.807, 2.05) is 30.3 Å². The molecule has 1 aromatic heterocycles. The molecule has 5 nitrogen and oxygen atoms in total. The highest BCUT2D eigenvalue weighted by atomic mass is 35.5. The molecule has 0 saturated heterocycles. The van der Waals surface area contributed by atoms with E-state index < -0.39 is 5.97 Å². The Morgan fingerprint density at radius 1 is 1.38 bits per heavy atom. The predicted octanol–water partition coefficient (Wildman–Crippen LogP) is 3.48. The predicted molar refractivity (Wildman–Crippen MR) is 79.9 cm³/mol. The fourth-order valence-corrected chi connectivity index (χ4v) is 2.07. The summed E-state index contributed by atoms with van der Waals surface area (Å²) in [6.45, 7) is 0.411. The Bertz CT molecular complexity index is 683. The first-order valence-corrected chi connectivity index (χ1v) is 6.59. The molecule has 0 aliphatic heterocycles. The molecule has 0 saturated carbocycles. The summed E-state index contributed by atoms with van der Waals surface area (Å²) in [6.07, 6.45) is 1.60. The number of nitrogens with zero attached hydrogens (tertiary/aromatic N) is 3. The summed E-state index contributed by atoms with van der Waals surface area (Å²) in [6, 6.07) is 12.8. The van der Waals surface area contributed by atoms with Crippen LogP contribution in [0.25, 0.3) is 0 Å². The summed E-state index contributed by atoms with van der Waals surface area (Å²) >= 11 is 5.83. The number of aromatic nitrogens is 1. The first-order valence-electron chi connectivity index (χ1n) is 6.22. The molecule has 0 unspecified atom stereocenters. The van der Waals surface area contributed by atoms with E-state index in [1.165, 1.54) is 12.3 Å². The highest BCUT2D eigenvalue weighted by molar-refractivity contribution is 6.33. The molecule has 0 amide bonds. The molecule has 1 N–H and O–H groups in total. The van der Waals surface area contributed by atoms with Crippen molar-refractivity contribution in [2.75, 3.05) is 11.4 Å². The zero-order valence-electron chi connectivity index (χ0n) is 11.0. The minimum atomic E-state index is -1.11. The number of hydrogen-bond acceptors (Lipinski definition) is 4. The van der Waals surface area contributed by atoms with Crippen LogP contribution in [0, 0.1) is 11.3 Å². The van der Waals surface area contributed by atoms with Crippen LogP contribution in [-0.2, 0) is 0 Å². The van der Waals surface area contributed by atoms with Crippen LogP contribution in [0.2, 0.25) is 5.02 Å². The van der Waals surface area contributed by atoms with Crippen LogP contribution in [0.1, 0.15) is 16.8 Å². The van der Waals surface area contributed by atoms with Gasteiger partial charge in [-0.2, -0.15) is 5.26 Å². The number of carbonyl (C=O) groups is 1. The van der Waals surface area contributed by atoms with Crippen LogP contribution in [-0.4, -0.2) is 22.6 Å². The van der Waals surface area contributed by atoms with E-state index in [0.717, 1.165) is 5.69 Å². The lowest BCUT2D eigenvalue weighted by atomic mass is 10.2. The van der Waals surface area contributed by atoms with Gasteiger partial charge in [0.25, 0.3) is 0 Å². The van der Waals surface area contributed by atoms with Crippen molar-refractivity contribution in [3.63, 3.8) is 0 Å². The molecule has 0 atom stereocenters. The van der Waals surface area contributed by atoms with Crippen molar-refractivity contribution in [3.05, 3.63) is 53.2 Å². The first-order chi connectivity index (χ1) is 10.1. The van der Waals surface area contributed by atoms with Crippen molar-refractivity contribution in [1.29, 1.82) is 5.26 Å². The maximum Gasteiger partial charge on any atom is 0.337 e. The number of anilines is 2. The maximum absolute atomic E-state index is 11.2. The van der Waals surface area contributed by atoms with Gasteiger partial charge in [-0.15, -0.1) is 0 Å². The summed E-state index contributed by atoms with van der Waals surface area (Å²) in [5.74, 6) is -0.671. The highest BCUT2D eigenvalue weighted by Crippen LogP contribution is 2.26. The quantitative estimate of drug-likeness (QED) is 0.914. The summed E-state index contributed by atoms with van der Waals surface area (Å²) in [5, 5.41) is 18.0. The number of aromatic carboxylic acids is 1. The van der Waals surface area contributed by atoms with Gasteiger partial charge in [-0.3, -0.25) is 0 Å². The first kappa shape index (κ1) is 14.8. The fraction of sp³-hybridized carbons (Fsp3) is 0.133. The van der Waals surface area contributed by atoms with Crippen LogP contribution >= 0.6 is 11.6 Å². The van der Waals surface area contributed by atoms with Crippen LogP contribution < -0.4 is 4.90 Å². The lowest BCUT2D eigenvalue weighted by molar-refractivity contribution is 0.0697. The zero-order chi connectivity index (χ0) is 15.2. The molecule has 6 heteroatoms. The number of hydrogen-bond donors (Lipinski definition) is 1. The Morgan fingerprint density at radius 2 is 2.10 bits per heavy atom. The number of para-hydroxylation sites is 1. The number of nitriles is 1. The molecule has 2 rings (SSSR count). The standard InChI is InChI=1S/C15H12ClN3O2/c16-13-10-18-14(9-12(13)15(20)21)19(8-4-7-17)11-5-2-1-3-6-11/h1-3,5-6,9-10H,4,8H2,(H,20,21). The van der Waals surface area contributed by atoms with Gasteiger partial charge in [0.15, 0.2) is 0 Å². The minimum absolute atomic E-state index is 0.0143. The lowest BCUT2D eigenvalue weighted by Crippen LogP contribution is -2.19. The number of benzene rings is 1. The van der Waals surface area contributed by atoms with E-state index >= 15 is 0 Å². The number of carboxylic acids is 1. The second-order valence-electron chi connectivity index (χ2n) is 4.22. The van der Waals surface area contributed by atoms with Gasteiger partial charge in [-0.25, -0.2) is 9.78 Å². The van der Waals surface area contributed by atoms with Gasteiger partial charge < -0.3 is 10.0 Å². The molecule has 21 heavy (non-hydrogen) atoms. The molecule has 0 fully saturated rings. The van der Waals surface area contributed by atoms with Crippen molar-refractivity contribution < 1.29 is 9.90 Å². The highest BCUT2D eigenvalue weighted by Gasteiger charge is 2.15. The van der Waals surface area contributed by atoms with Crippen molar-refractivity contribution >= 4 is 29.1 Å². The Morgan fingerprint density at radius 3 is 2.71 bits per heavy atom. The largest absolute Gasteiger partial charge is 0.478 e. The third-order valence-corrected chi connectivity index (χ3v) is 3.16. The SMILES string of the molecule is N#CCCN(c1ccccc1)c1cc(C(=O)O)c(Cl)cn1. The van der Waals surface area contributed by atoms with Crippen LogP contribution in [0.3, 0.4) is 0 Å². The van der Waals surface area contributed by atoms with Crippen molar-refractivity contribution in [3.8, 4) is 6.07 Å². The van der Waals surface area contributed by atoms with Gasteiger partial charge in [0.05, 0.1) is 23.1 Å². The Balaban J connectivity index is 2.44. The van der Waals surface area contributed by atoms with Crippen LogP contribution in [0.5, 0.6) is 0 Å². The topological polar surface area (TPSA) is 77.2 Å². The van der Waals surface area contributed by atoms with E-state index in [9.17, 15) is 4.79 Å². The fourth-order valence-electron chi connectivity index (χ4n) is 1.88. The third kappa shape index (κ3) is 3.50. The molecular formula is C15H12ClN3O2. The van der Waals surface area contributed by atoms with E-state index in [2.05, 4.69) is 11.1 Å². The Kier molecular flexibility index (Phi) is 4.75. The Hall–Kier alpha value is -2.58. The number of rotatable bonds is 5. The molecule has 2 aromatic rings. The summed E-state index contributed by atoms with van der Waals surface area (Å²) < 4.78 is 0. The van der Waals surface area contributed by atoms with Gasteiger partial charge in [-0.1, -0.05) is 29.8 Å².